The zero-order valence-corrected chi connectivity index (χ0v) is 15.9. The molecule has 1 fully saturated rings. The first-order chi connectivity index (χ1) is 11.8. The van der Waals surface area contributed by atoms with E-state index in [2.05, 4.69) is 5.32 Å². The Labute approximate surface area is 150 Å². The Hall–Kier alpha value is -1.64. The molecule has 0 aromatic heterocycles. The molecular formula is C17H27N3O4S. The molecule has 1 amide bonds. The summed E-state index contributed by atoms with van der Waals surface area (Å²) in [6.45, 7) is 3.66. The van der Waals surface area contributed by atoms with Gasteiger partial charge in [-0.2, -0.15) is 17.0 Å². The summed E-state index contributed by atoms with van der Waals surface area (Å²) in [4.78, 5) is 12.4. The van der Waals surface area contributed by atoms with Crippen molar-refractivity contribution in [3.63, 3.8) is 0 Å². The van der Waals surface area contributed by atoms with E-state index in [1.807, 2.05) is 31.2 Å². The van der Waals surface area contributed by atoms with E-state index in [1.54, 1.807) is 0 Å². The van der Waals surface area contributed by atoms with E-state index >= 15 is 0 Å². The van der Waals surface area contributed by atoms with E-state index < -0.39 is 10.2 Å². The summed E-state index contributed by atoms with van der Waals surface area (Å²) in [6.07, 6.45) is 1.39. The maximum Gasteiger partial charge on any atom is 0.281 e. The normalized spacial score (nSPS) is 19.0. The van der Waals surface area contributed by atoms with Crippen LogP contribution >= 0.6 is 0 Å². The number of ether oxygens (including phenoxy) is 1. The summed E-state index contributed by atoms with van der Waals surface area (Å²) < 4.78 is 32.4. The number of benzene rings is 1. The first-order valence-electron chi connectivity index (χ1n) is 8.51. The monoisotopic (exact) mass is 369 g/mol. The molecule has 1 saturated heterocycles. The molecule has 1 unspecified atom stereocenters. The standard InChI is InChI=1S/C17H27N3O4S/c1-4-24-16-9-7-14(8-10-16)12-18-17(21)15-6-5-11-20(13-15)25(22,23)19(2)3/h7-10,15H,4-6,11-13H2,1-3H3,(H,18,21). The molecule has 7 nitrogen and oxygen atoms in total. The minimum absolute atomic E-state index is 0.104. The Bertz CT molecular complexity index is 674. The van der Waals surface area contributed by atoms with Crippen molar-refractivity contribution in [3.05, 3.63) is 29.8 Å². The third kappa shape index (κ3) is 5.17. The average Bonchev–Trinajstić information content (AvgIpc) is 2.61. The van der Waals surface area contributed by atoms with Gasteiger partial charge in [0.2, 0.25) is 5.91 Å². The van der Waals surface area contributed by atoms with Crippen LogP contribution in [0, 0.1) is 5.92 Å². The van der Waals surface area contributed by atoms with Crippen molar-refractivity contribution in [3.8, 4) is 5.75 Å². The summed E-state index contributed by atoms with van der Waals surface area (Å²) in [5.74, 6) is 0.383. The fourth-order valence-electron chi connectivity index (χ4n) is 2.80. The maximum absolute atomic E-state index is 12.4. The number of amides is 1. The van der Waals surface area contributed by atoms with E-state index in [4.69, 9.17) is 4.74 Å². The highest BCUT2D eigenvalue weighted by molar-refractivity contribution is 7.86. The van der Waals surface area contributed by atoms with Gasteiger partial charge in [-0.05, 0) is 37.5 Å². The highest BCUT2D eigenvalue weighted by Crippen LogP contribution is 2.20. The minimum Gasteiger partial charge on any atom is -0.494 e. The van der Waals surface area contributed by atoms with Crippen molar-refractivity contribution < 1.29 is 17.9 Å². The number of piperidine rings is 1. The summed E-state index contributed by atoms with van der Waals surface area (Å²) >= 11 is 0. The van der Waals surface area contributed by atoms with Crippen molar-refractivity contribution in [2.24, 2.45) is 5.92 Å². The van der Waals surface area contributed by atoms with Crippen molar-refractivity contribution in [1.82, 2.24) is 13.9 Å². The molecule has 1 atom stereocenters. The lowest BCUT2D eigenvalue weighted by atomic mass is 9.99. The van der Waals surface area contributed by atoms with Gasteiger partial charge in [0.25, 0.3) is 10.2 Å². The molecular weight excluding hydrogens is 342 g/mol. The summed E-state index contributed by atoms with van der Waals surface area (Å²) in [5.41, 5.74) is 0.977. The Balaban J connectivity index is 1.90. The smallest absolute Gasteiger partial charge is 0.281 e. The highest BCUT2D eigenvalue weighted by atomic mass is 32.2. The second-order valence-corrected chi connectivity index (χ2v) is 8.42. The third-order valence-corrected chi connectivity index (χ3v) is 6.15. The Morgan fingerprint density at radius 2 is 2.00 bits per heavy atom. The molecule has 25 heavy (non-hydrogen) atoms. The largest absolute Gasteiger partial charge is 0.494 e. The lowest BCUT2D eigenvalue weighted by Gasteiger charge is -2.32. The quantitative estimate of drug-likeness (QED) is 0.784. The van der Waals surface area contributed by atoms with Crippen LogP contribution < -0.4 is 10.1 Å². The fourth-order valence-corrected chi connectivity index (χ4v) is 3.99. The van der Waals surface area contributed by atoms with Gasteiger partial charge < -0.3 is 10.1 Å². The van der Waals surface area contributed by atoms with Crippen LogP contribution in [0.2, 0.25) is 0 Å². The number of carbonyl (C=O) groups excluding carboxylic acids is 1. The molecule has 0 bridgehead atoms. The van der Waals surface area contributed by atoms with Gasteiger partial charge in [-0.25, -0.2) is 0 Å². The van der Waals surface area contributed by atoms with E-state index in [-0.39, 0.29) is 18.4 Å². The Morgan fingerprint density at radius 1 is 1.32 bits per heavy atom. The number of hydrogen-bond donors (Lipinski definition) is 1. The second-order valence-electron chi connectivity index (χ2n) is 6.28. The van der Waals surface area contributed by atoms with E-state index in [9.17, 15) is 13.2 Å². The van der Waals surface area contributed by atoms with Crippen LogP contribution in [-0.2, 0) is 21.5 Å². The lowest BCUT2D eigenvalue weighted by molar-refractivity contribution is -0.126. The van der Waals surface area contributed by atoms with Crippen LogP contribution in [0.15, 0.2) is 24.3 Å². The van der Waals surface area contributed by atoms with Crippen LogP contribution in [0.3, 0.4) is 0 Å². The molecule has 1 aromatic rings. The number of carbonyl (C=O) groups is 1. The van der Waals surface area contributed by atoms with Gasteiger partial charge in [-0.3, -0.25) is 4.79 Å². The van der Waals surface area contributed by atoms with Crippen LogP contribution in [0.5, 0.6) is 5.75 Å². The molecule has 1 aliphatic heterocycles. The van der Waals surface area contributed by atoms with Gasteiger partial charge in [0, 0.05) is 33.7 Å². The maximum atomic E-state index is 12.4. The van der Waals surface area contributed by atoms with Gasteiger partial charge in [0.05, 0.1) is 12.5 Å². The number of nitrogens with zero attached hydrogens (tertiary/aromatic N) is 2. The number of nitrogens with one attached hydrogen (secondary N) is 1. The Kier molecular flexibility index (Phi) is 6.80. The molecule has 8 heteroatoms. The molecule has 1 aliphatic rings. The number of hydrogen-bond acceptors (Lipinski definition) is 4. The van der Waals surface area contributed by atoms with Crippen LogP contribution in [0.4, 0.5) is 0 Å². The lowest BCUT2D eigenvalue weighted by Crippen LogP contribution is -2.48. The fraction of sp³-hybridized carbons (Fsp3) is 0.588. The van der Waals surface area contributed by atoms with Crippen LogP contribution in [0.25, 0.3) is 0 Å². The first-order valence-corrected chi connectivity index (χ1v) is 9.91. The molecule has 0 radical (unpaired) electrons. The van der Waals surface area contributed by atoms with Gasteiger partial charge >= 0.3 is 0 Å². The topological polar surface area (TPSA) is 79.0 Å². The van der Waals surface area contributed by atoms with Crippen molar-refractivity contribution in [1.29, 1.82) is 0 Å². The van der Waals surface area contributed by atoms with Crippen LogP contribution in [0.1, 0.15) is 25.3 Å². The minimum atomic E-state index is -3.47. The van der Waals surface area contributed by atoms with E-state index in [1.165, 1.54) is 22.7 Å². The van der Waals surface area contributed by atoms with Crippen molar-refractivity contribution in [2.45, 2.75) is 26.3 Å². The van der Waals surface area contributed by atoms with Gasteiger partial charge in [-0.15, -0.1) is 0 Å². The average molecular weight is 369 g/mol. The molecule has 2 rings (SSSR count). The predicted octanol–water partition coefficient (Wildman–Crippen LogP) is 1.22. The molecule has 0 spiro atoms. The summed E-state index contributed by atoms with van der Waals surface area (Å²) in [7, 11) is -0.461. The molecule has 1 aromatic carbocycles. The SMILES string of the molecule is CCOc1ccc(CNC(=O)C2CCCN(S(=O)(=O)N(C)C)C2)cc1. The van der Waals surface area contributed by atoms with Crippen molar-refractivity contribution >= 4 is 16.1 Å². The molecule has 0 aliphatic carbocycles. The predicted molar refractivity (Wildman–Crippen MR) is 96.4 cm³/mol. The second kappa shape index (κ2) is 8.64. The van der Waals surface area contributed by atoms with E-state index in [0.29, 0.717) is 32.5 Å². The third-order valence-electron chi connectivity index (χ3n) is 4.24. The zero-order chi connectivity index (χ0) is 18.4. The molecule has 1 heterocycles. The van der Waals surface area contributed by atoms with Crippen molar-refractivity contribution in [2.75, 3.05) is 33.8 Å². The van der Waals surface area contributed by atoms with E-state index in [0.717, 1.165) is 11.3 Å². The van der Waals surface area contributed by atoms with Gasteiger partial charge in [-0.1, -0.05) is 12.1 Å². The number of rotatable bonds is 7. The zero-order valence-electron chi connectivity index (χ0n) is 15.1. The first kappa shape index (κ1) is 19.7. The summed E-state index contributed by atoms with van der Waals surface area (Å²) in [5, 5.41) is 2.91. The summed E-state index contributed by atoms with van der Waals surface area (Å²) in [6, 6.07) is 7.57. The van der Waals surface area contributed by atoms with Gasteiger partial charge in [0.15, 0.2) is 0 Å². The molecule has 140 valence electrons. The highest BCUT2D eigenvalue weighted by Gasteiger charge is 2.33. The van der Waals surface area contributed by atoms with Crippen LogP contribution in [-0.4, -0.2) is 56.7 Å². The van der Waals surface area contributed by atoms with Gasteiger partial charge in [0.1, 0.15) is 5.75 Å². The molecule has 1 N–H and O–H groups in total. The Morgan fingerprint density at radius 3 is 2.60 bits per heavy atom. The molecule has 0 saturated carbocycles.